The zero-order valence-electron chi connectivity index (χ0n) is 10.4. The third-order valence-electron chi connectivity index (χ3n) is 3.41. The Morgan fingerprint density at radius 3 is 2.88 bits per heavy atom. The monoisotopic (exact) mass is 237 g/mol. The molecular weight excluding hydrogens is 218 g/mol. The molecule has 1 aromatic heterocycles. The van der Waals surface area contributed by atoms with E-state index < -0.39 is 5.60 Å². The molecule has 17 heavy (non-hydrogen) atoms. The van der Waals surface area contributed by atoms with Crippen molar-refractivity contribution in [2.75, 3.05) is 13.1 Å². The second-order valence-corrected chi connectivity index (χ2v) is 5.08. The van der Waals surface area contributed by atoms with E-state index in [-0.39, 0.29) is 5.91 Å². The lowest BCUT2D eigenvalue weighted by Crippen LogP contribution is -2.33. The largest absolute Gasteiger partial charge is 0.459 e. The zero-order valence-corrected chi connectivity index (χ0v) is 10.4. The molecular formula is C13H19NO3. The quantitative estimate of drug-likeness (QED) is 0.812. The van der Waals surface area contributed by atoms with Crippen LogP contribution in [0, 0.1) is 6.92 Å². The summed E-state index contributed by atoms with van der Waals surface area (Å²) in [5.74, 6) is 0.358. The molecule has 0 spiro atoms. The molecule has 0 bridgehead atoms. The van der Waals surface area contributed by atoms with Crippen LogP contribution in [0.4, 0.5) is 0 Å². The van der Waals surface area contributed by atoms with Crippen LogP contribution in [0.25, 0.3) is 0 Å². The van der Waals surface area contributed by atoms with Gasteiger partial charge in [-0.25, -0.2) is 0 Å². The summed E-state index contributed by atoms with van der Waals surface area (Å²) >= 11 is 0. The van der Waals surface area contributed by atoms with Crippen molar-refractivity contribution in [2.24, 2.45) is 0 Å². The summed E-state index contributed by atoms with van der Waals surface area (Å²) in [6, 6.07) is 1.79. The van der Waals surface area contributed by atoms with Crippen molar-refractivity contribution in [3.8, 4) is 0 Å². The van der Waals surface area contributed by atoms with E-state index in [1.165, 1.54) is 6.26 Å². The molecule has 0 saturated carbocycles. The summed E-state index contributed by atoms with van der Waals surface area (Å²) in [5.41, 5.74) is 0.221. The van der Waals surface area contributed by atoms with Crippen LogP contribution in [0.1, 0.15) is 42.3 Å². The lowest BCUT2D eigenvalue weighted by atomic mass is 9.98. The first-order valence-corrected chi connectivity index (χ1v) is 6.05. The fourth-order valence-electron chi connectivity index (χ4n) is 2.20. The molecule has 0 radical (unpaired) electrons. The minimum Gasteiger partial charge on any atom is -0.459 e. The number of carbonyl (C=O) groups excluding carboxylic acids is 1. The van der Waals surface area contributed by atoms with Gasteiger partial charge in [0, 0.05) is 18.7 Å². The first kappa shape index (κ1) is 12.2. The molecule has 1 atom stereocenters. The first-order valence-electron chi connectivity index (χ1n) is 6.05. The van der Waals surface area contributed by atoms with Crippen molar-refractivity contribution >= 4 is 5.91 Å². The van der Waals surface area contributed by atoms with Gasteiger partial charge in [0.15, 0.2) is 5.76 Å². The van der Waals surface area contributed by atoms with Crippen molar-refractivity contribution < 1.29 is 14.3 Å². The van der Waals surface area contributed by atoms with Gasteiger partial charge >= 0.3 is 0 Å². The van der Waals surface area contributed by atoms with Crippen molar-refractivity contribution in [3.63, 3.8) is 0 Å². The van der Waals surface area contributed by atoms with Crippen LogP contribution in [0.5, 0.6) is 0 Å². The van der Waals surface area contributed by atoms with E-state index in [0.29, 0.717) is 25.3 Å². The van der Waals surface area contributed by atoms with Crippen LogP contribution in [-0.4, -0.2) is 34.6 Å². The maximum Gasteiger partial charge on any atom is 0.289 e. The Balaban J connectivity index is 2.08. The summed E-state index contributed by atoms with van der Waals surface area (Å²) in [6.45, 7) is 4.98. The molecule has 2 rings (SSSR count). The molecule has 4 nitrogen and oxygen atoms in total. The maximum absolute atomic E-state index is 12.2. The Hall–Kier alpha value is -1.29. The van der Waals surface area contributed by atoms with Gasteiger partial charge in [0.25, 0.3) is 5.91 Å². The Morgan fingerprint density at radius 2 is 2.24 bits per heavy atom. The van der Waals surface area contributed by atoms with Crippen molar-refractivity contribution in [1.82, 2.24) is 4.90 Å². The van der Waals surface area contributed by atoms with Crippen molar-refractivity contribution in [1.29, 1.82) is 0 Å². The number of amides is 1. The molecule has 1 N–H and O–H groups in total. The highest BCUT2D eigenvalue weighted by molar-refractivity contribution is 5.92. The molecule has 1 fully saturated rings. The fraction of sp³-hybridized carbons (Fsp3) is 0.615. The molecule has 0 aromatic carbocycles. The van der Waals surface area contributed by atoms with Gasteiger partial charge in [-0.05, 0) is 39.2 Å². The van der Waals surface area contributed by atoms with Crippen molar-refractivity contribution in [2.45, 2.75) is 38.7 Å². The standard InChI is InChI=1S/C13H19NO3/c1-10-4-9-17-11(10)12(15)14-7-3-5-13(2,16)6-8-14/h4,9,16H,3,5-8H2,1-2H3. The lowest BCUT2D eigenvalue weighted by molar-refractivity contribution is 0.0434. The van der Waals surface area contributed by atoms with Crippen LogP contribution in [-0.2, 0) is 0 Å². The summed E-state index contributed by atoms with van der Waals surface area (Å²) in [5, 5.41) is 9.98. The molecule has 1 aliphatic heterocycles. The van der Waals surface area contributed by atoms with E-state index in [0.717, 1.165) is 18.4 Å². The summed E-state index contributed by atoms with van der Waals surface area (Å²) in [6.07, 6.45) is 3.74. The number of aryl methyl sites for hydroxylation is 1. The zero-order chi connectivity index (χ0) is 12.5. The smallest absolute Gasteiger partial charge is 0.289 e. The van der Waals surface area contributed by atoms with Crippen LogP contribution in [0.2, 0.25) is 0 Å². The van der Waals surface area contributed by atoms with Crippen LogP contribution < -0.4 is 0 Å². The van der Waals surface area contributed by atoms with Gasteiger partial charge in [-0.15, -0.1) is 0 Å². The number of nitrogens with zero attached hydrogens (tertiary/aromatic N) is 1. The number of carbonyl (C=O) groups is 1. The van der Waals surface area contributed by atoms with Gasteiger partial charge in [0.05, 0.1) is 11.9 Å². The summed E-state index contributed by atoms with van der Waals surface area (Å²) in [7, 11) is 0. The number of rotatable bonds is 1. The third kappa shape index (κ3) is 2.69. The SMILES string of the molecule is Cc1ccoc1C(=O)N1CCCC(C)(O)CC1. The molecule has 1 aliphatic rings. The van der Waals surface area contributed by atoms with Gasteiger partial charge in [-0.3, -0.25) is 4.79 Å². The van der Waals surface area contributed by atoms with E-state index in [9.17, 15) is 9.90 Å². The molecule has 4 heteroatoms. The third-order valence-corrected chi connectivity index (χ3v) is 3.41. The second kappa shape index (κ2) is 4.53. The van der Waals surface area contributed by atoms with Gasteiger partial charge in [-0.1, -0.05) is 0 Å². The Bertz CT molecular complexity index is 409. The van der Waals surface area contributed by atoms with Gasteiger partial charge in [-0.2, -0.15) is 0 Å². The number of likely N-dealkylation sites (tertiary alicyclic amines) is 1. The normalized spacial score (nSPS) is 25.7. The number of hydrogen-bond acceptors (Lipinski definition) is 3. The molecule has 1 aromatic rings. The van der Waals surface area contributed by atoms with E-state index in [4.69, 9.17) is 4.42 Å². The average Bonchev–Trinajstić information content (AvgIpc) is 2.59. The van der Waals surface area contributed by atoms with Gasteiger partial charge < -0.3 is 14.4 Å². The Labute approximate surface area is 101 Å². The number of hydrogen-bond donors (Lipinski definition) is 1. The summed E-state index contributed by atoms with van der Waals surface area (Å²) in [4.78, 5) is 14.0. The molecule has 0 aliphatic carbocycles. The fourth-order valence-corrected chi connectivity index (χ4v) is 2.20. The van der Waals surface area contributed by atoms with Gasteiger partial charge in [0.1, 0.15) is 0 Å². The van der Waals surface area contributed by atoms with E-state index >= 15 is 0 Å². The predicted molar refractivity (Wildman–Crippen MR) is 63.8 cm³/mol. The Morgan fingerprint density at radius 1 is 1.47 bits per heavy atom. The maximum atomic E-state index is 12.2. The lowest BCUT2D eigenvalue weighted by Gasteiger charge is -2.22. The van der Waals surface area contributed by atoms with Crippen LogP contribution in [0.15, 0.2) is 16.7 Å². The van der Waals surface area contributed by atoms with Crippen LogP contribution >= 0.6 is 0 Å². The minimum atomic E-state index is -0.646. The van der Waals surface area contributed by atoms with Crippen LogP contribution in [0.3, 0.4) is 0 Å². The molecule has 1 saturated heterocycles. The topological polar surface area (TPSA) is 53.7 Å². The average molecular weight is 237 g/mol. The highest BCUT2D eigenvalue weighted by Crippen LogP contribution is 2.23. The minimum absolute atomic E-state index is 0.0646. The van der Waals surface area contributed by atoms with Gasteiger partial charge in [0.2, 0.25) is 0 Å². The summed E-state index contributed by atoms with van der Waals surface area (Å²) < 4.78 is 5.22. The van der Waals surface area contributed by atoms with E-state index in [1.54, 1.807) is 11.0 Å². The second-order valence-electron chi connectivity index (χ2n) is 5.08. The van der Waals surface area contributed by atoms with E-state index in [1.807, 2.05) is 13.8 Å². The molecule has 94 valence electrons. The Kier molecular flexibility index (Phi) is 3.24. The molecule has 1 unspecified atom stereocenters. The molecule has 2 heterocycles. The highest BCUT2D eigenvalue weighted by atomic mass is 16.3. The van der Waals surface area contributed by atoms with Crippen molar-refractivity contribution in [3.05, 3.63) is 23.7 Å². The highest BCUT2D eigenvalue weighted by Gasteiger charge is 2.28. The predicted octanol–water partition coefficient (Wildman–Crippen LogP) is 1.97. The number of aliphatic hydroxyl groups is 1. The molecule has 1 amide bonds. The van der Waals surface area contributed by atoms with E-state index in [2.05, 4.69) is 0 Å². The first-order chi connectivity index (χ1) is 7.99. The number of furan rings is 1.